The average molecular weight is 345 g/mol. The summed E-state index contributed by atoms with van der Waals surface area (Å²) in [6.45, 7) is 3.52. The molecule has 0 aliphatic heterocycles. The zero-order valence-electron chi connectivity index (χ0n) is 14.6. The number of anilines is 1. The van der Waals surface area contributed by atoms with E-state index in [-0.39, 0.29) is 11.5 Å². The lowest BCUT2D eigenvalue weighted by atomic mass is 10.0. The average Bonchev–Trinajstić information content (AvgIpc) is 2.62. The highest BCUT2D eigenvalue weighted by molar-refractivity contribution is 6.09. The Labute approximate surface area is 151 Å². The van der Waals surface area contributed by atoms with Crippen LogP contribution in [0.15, 0.2) is 66.2 Å². The lowest BCUT2D eigenvalue weighted by Crippen LogP contribution is -2.15. The number of aromatic carboxylic acids is 1. The second-order valence-corrected chi connectivity index (χ2v) is 6.24. The molecule has 1 amide bonds. The van der Waals surface area contributed by atoms with Gasteiger partial charge in [-0.1, -0.05) is 48.0 Å². The van der Waals surface area contributed by atoms with Gasteiger partial charge in [-0.05, 0) is 54.5 Å². The number of hydrogen-bond donors (Lipinski definition) is 2. The first-order valence-electron chi connectivity index (χ1n) is 8.26. The summed E-state index contributed by atoms with van der Waals surface area (Å²) in [4.78, 5) is 23.8. The summed E-state index contributed by atoms with van der Waals surface area (Å²) in [6, 6.07) is 18.9. The molecule has 0 saturated heterocycles. The van der Waals surface area contributed by atoms with Crippen molar-refractivity contribution >= 4 is 34.4 Å². The highest BCUT2D eigenvalue weighted by Gasteiger charge is 2.13. The number of amides is 1. The number of hydrogen-bond acceptors (Lipinski definition) is 2. The SMILES string of the molecule is CC(=Cc1ccc2ccccc2c1)C(=O)Nc1ccc(C)cc1C(=O)O. The smallest absolute Gasteiger partial charge is 0.337 e. The fraction of sp³-hybridized carbons (Fsp3) is 0.0909. The van der Waals surface area contributed by atoms with Crippen LogP contribution in [0.5, 0.6) is 0 Å². The summed E-state index contributed by atoms with van der Waals surface area (Å²) in [5, 5.41) is 14.2. The number of carboxylic acids is 1. The van der Waals surface area contributed by atoms with Gasteiger partial charge < -0.3 is 10.4 Å². The van der Waals surface area contributed by atoms with Crippen LogP contribution >= 0.6 is 0 Å². The molecule has 3 rings (SSSR count). The van der Waals surface area contributed by atoms with Gasteiger partial charge in [0.2, 0.25) is 0 Å². The minimum absolute atomic E-state index is 0.0804. The summed E-state index contributed by atoms with van der Waals surface area (Å²) in [5.74, 6) is -1.40. The van der Waals surface area contributed by atoms with Gasteiger partial charge in [0.1, 0.15) is 0 Å². The molecule has 130 valence electrons. The first-order chi connectivity index (χ1) is 12.4. The molecule has 0 bridgehead atoms. The molecule has 0 fully saturated rings. The van der Waals surface area contributed by atoms with E-state index < -0.39 is 5.97 Å². The molecule has 0 aromatic heterocycles. The van der Waals surface area contributed by atoms with E-state index in [4.69, 9.17) is 0 Å². The van der Waals surface area contributed by atoms with Crippen molar-refractivity contribution in [3.05, 3.63) is 82.9 Å². The summed E-state index contributed by atoms with van der Waals surface area (Å²) in [5.41, 5.74) is 2.61. The predicted octanol–water partition coefficient (Wildman–Crippen LogP) is 4.89. The number of carbonyl (C=O) groups excluding carboxylic acids is 1. The van der Waals surface area contributed by atoms with E-state index in [1.54, 1.807) is 31.2 Å². The number of carboxylic acid groups (broad SMARTS) is 1. The van der Waals surface area contributed by atoms with Gasteiger partial charge in [0.15, 0.2) is 0 Å². The molecule has 0 aliphatic carbocycles. The third-order valence-electron chi connectivity index (χ3n) is 4.17. The molecule has 0 aliphatic rings. The van der Waals surface area contributed by atoms with E-state index in [9.17, 15) is 14.7 Å². The van der Waals surface area contributed by atoms with E-state index in [1.807, 2.05) is 49.4 Å². The van der Waals surface area contributed by atoms with Crippen molar-refractivity contribution in [3.63, 3.8) is 0 Å². The molecule has 0 atom stereocenters. The Morgan fingerprint density at radius 1 is 0.962 bits per heavy atom. The highest BCUT2D eigenvalue weighted by atomic mass is 16.4. The van der Waals surface area contributed by atoms with Gasteiger partial charge in [0.25, 0.3) is 5.91 Å². The third kappa shape index (κ3) is 3.81. The molecule has 0 saturated carbocycles. The Morgan fingerprint density at radius 3 is 2.42 bits per heavy atom. The normalized spacial score (nSPS) is 11.4. The van der Waals surface area contributed by atoms with Crippen LogP contribution in [-0.2, 0) is 4.79 Å². The molecule has 0 unspecified atom stereocenters. The van der Waals surface area contributed by atoms with Crippen LogP contribution in [0.3, 0.4) is 0 Å². The quantitative estimate of drug-likeness (QED) is 0.662. The largest absolute Gasteiger partial charge is 0.478 e. The van der Waals surface area contributed by atoms with Crippen molar-refractivity contribution in [2.45, 2.75) is 13.8 Å². The monoisotopic (exact) mass is 345 g/mol. The van der Waals surface area contributed by atoms with Crippen LogP contribution in [0.25, 0.3) is 16.8 Å². The maximum atomic E-state index is 12.5. The number of benzene rings is 3. The van der Waals surface area contributed by atoms with Gasteiger partial charge in [-0.25, -0.2) is 4.79 Å². The van der Waals surface area contributed by atoms with Crippen LogP contribution in [0, 0.1) is 6.92 Å². The van der Waals surface area contributed by atoms with Crippen LogP contribution in [0.4, 0.5) is 5.69 Å². The molecule has 0 radical (unpaired) electrons. The van der Waals surface area contributed by atoms with Gasteiger partial charge in [-0.2, -0.15) is 0 Å². The predicted molar refractivity (Wildman–Crippen MR) is 104 cm³/mol. The minimum atomic E-state index is -1.07. The Kier molecular flexibility index (Phi) is 4.85. The van der Waals surface area contributed by atoms with Crippen LogP contribution in [-0.4, -0.2) is 17.0 Å². The summed E-state index contributed by atoms with van der Waals surface area (Å²) < 4.78 is 0. The first kappa shape index (κ1) is 17.4. The van der Waals surface area contributed by atoms with E-state index in [0.717, 1.165) is 21.9 Å². The topological polar surface area (TPSA) is 66.4 Å². The molecule has 3 aromatic carbocycles. The first-order valence-corrected chi connectivity index (χ1v) is 8.26. The third-order valence-corrected chi connectivity index (χ3v) is 4.17. The summed E-state index contributed by atoms with van der Waals surface area (Å²) in [7, 11) is 0. The zero-order valence-corrected chi connectivity index (χ0v) is 14.6. The molecule has 4 nitrogen and oxygen atoms in total. The number of carbonyl (C=O) groups is 2. The molecule has 26 heavy (non-hydrogen) atoms. The summed E-state index contributed by atoms with van der Waals surface area (Å²) >= 11 is 0. The molecule has 4 heteroatoms. The van der Waals surface area contributed by atoms with Crippen molar-refractivity contribution in [3.8, 4) is 0 Å². The molecular formula is C22H19NO3. The van der Waals surface area contributed by atoms with Crippen molar-refractivity contribution in [2.24, 2.45) is 0 Å². The van der Waals surface area contributed by atoms with E-state index >= 15 is 0 Å². The second-order valence-electron chi connectivity index (χ2n) is 6.24. The second kappa shape index (κ2) is 7.23. The molecule has 3 aromatic rings. The molecule has 0 spiro atoms. The lowest BCUT2D eigenvalue weighted by Gasteiger charge is -2.10. The van der Waals surface area contributed by atoms with E-state index in [1.165, 1.54) is 0 Å². The fourth-order valence-corrected chi connectivity index (χ4v) is 2.78. The Bertz CT molecular complexity index is 1030. The zero-order chi connectivity index (χ0) is 18.7. The summed E-state index contributed by atoms with van der Waals surface area (Å²) in [6.07, 6.45) is 1.79. The van der Waals surface area contributed by atoms with Crippen molar-refractivity contribution < 1.29 is 14.7 Å². The maximum Gasteiger partial charge on any atom is 0.337 e. The van der Waals surface area contributed by atoms with Crippen molar-refractivity contribution in [2.75, 3.05) is 5.32 Å². The van der Waals surface area contributed by atoms with Gasteiger partial charge in [0.05, 0.1) is 11.3 Å². The lowest BCUT2D eigenvalue weighted by molar-refractivity contribution is -0.112. The number of nitrogens with one attached hydrogen (secondary N) is 1. The van der Waals surface area contributed by atoms with Crippen molar-refractivity contribution in [1.82, 2.24) is 0 Å². The van der Waals surface area contributed by atoms with E-state index in [2.05, 4.69) is 5.32 Å². The highest BCUT2D eigenvalue weighted by Crippen LogP contribution is 2.20. The molecule has 0 heterocycles. The Morgan fingerprint density at radius 2 is 1.69 bits per heavy atom. The van der Waals surface area contributed by atoms with Crippen LogP contribution in [0.1, 0.15) is 28.4 Å². The van der Waals surface area contributed by atoms with E-state index in [0.29, 0.717) is 11.3 Å². The minimum Gasteiger partial charge on any atom is -0.478 e. The fourth-order valence-electron chi connectivity index (χ4n) is 2.78. The maximum absolute atomic E-state index is 12.5. The van der Waals surface area contributed by atoms with Crippen molar-refractivity contribution in [1.29, 1.82) is 0 Å². The van der Waals surface area contributed by atoms with Gasteiger partial charge in [-0.3, -0.25) is 4.79 Å². The standard InChI is InChI=1S/C22H19NO3/c1-14-7-10-20(19(11-14)22(25)26)23-21(24)15(2)12-16-8-9-17-5-3-4-6-18(17)13-16/h3-13H,1-2H3,(H,23,24)(H,25,26). The Balaban J connectivity index is 1.85. The molecule has 2 N–H and O–H groups in total. The number of rotatable bonds is 4. The van der Waals surface area contributed by atoms with Gasteiger partial charge in [0, 0.05) is 5.57 Å². The van der Waals surface area contributed by atoms with Crippen LogP contribution in [0.2, 0.25) is 0 Å². The van der Waals surface area contributed by atoms with Gasteiger partial charge >= 0.3 is 5.97 Å². The number of aryl methyl sites for hydroxylation is 1. The number of fused-ring (bicyclic) bond motifs is 1. The Hall–Kier alpha value is -3.40. The van der Waals surface area contributed by atoms with Crippen LogP contribution < -0.4 is 5.32 Å². The molecular weight excluding hydrogens is 326 g/mol. The van der Waals surface area contributed by atoms with Gasteiger partial charge in [-0.15, -0.1) is 0 Å².